The van der Waals surface area contributed by atoms with Gasteiger partial charge < -0.3 is 14.4 Å². The summed E-state index contributed by atoms with van der Waals surface area (Å²) in [6.07, 6.45) is 4.50. The molecule has 1 aromatic carbocycles. The van der Waals surface area contributed by atoms with Crippen molar-refractivity contribution in [2.45, 2.75) is 26.5 Å². The van der Waals surface area contributed by atoms with Gasteiger partial charge in [-0.25, -0.2) is 9.78 Å². The summed E-state index contributed by atoms with van der Waals surface area (Å²) in [4.78, 5) is 15.1. The molecule has 0 radical (unpaired) electrons. The first-order valence-corrected chi connectivity index (χ1v) is 6.16. The number of carboxylic acids is 1. The van der Waals surface area contributed by atoms with E-state index in [1.807, 2.05) is 4.57 Å². The van der Waals surface area contributed by atoms with Crippen LogP contribution in [0.15, 0.2) is 36.8 Å². The Labute approximate surface area is 111 Å². The van der Waals surface area contributed by atoms with Crippen LogP contribution >= 0.6 is 0 Å². The first-order chi connectivity index (χ1) is 9.22. The average molecular weight is 260 g/mol. The molecule has 0 spiro atoms. The van der Waals surface area contributed by atoms with Crippen LogP contribution in [0.1, 0.15) is 29.4 Å². The van der Waals surface area contributed by atoms with Crippen LogP contribution in [-0.4, -0.2) is 20.6 Å². The van der Waals surface area contributed by atoms with Crippen LogP contribution in [0.5, 0.6) is 5.75 Å². The van der Waals surface area contributed by atoms with Crippen molar-refractivity contribution < 1.29 is 14.6 Å². The van der Waals surface area contributed by atoms with E-state index in [9.17, 15) is 4.79 Å². The van der Waals surface area contributed by atoms with E-state index in [0.717, 1.165) is 18.7 Å². The molecule has 0 bridgehead atoms. The molecule has 100 valence electrons. The quantitative estimate of drug-likeness (QED) is 0.867. The molecule has 2 rings (SSSR count). The molecular formula is C14H16N2O3. The van der Waals surface area contributed by atoms with E-state index in [1.165, 1.54) is 6.07 Å². The van der Waals surface area contributed by atoms with Gasteiger partial charge in [0.05, 0.1) is 18.2 Å². The number of hydrogen-bond donors (Lipinski definition) is 1. The molecular weight excluding hydrogens is 244 g/mol. The van der Waals surface area contributed by atoms with Crippen molar-refractivity contribution in [2.75, 3.05) is 0 Å². The van der Waals surface area contributed by atoms with Gasteiger partial charge in [0.2, 0.25) is 0 Å². The highest BCUT2D eigenvalue weighted by Gasteiger charge is 2.11. The molecule has 5 heteroatoms. The van der Waals surface area contributed by atoms with Gasteiger partial charge in [0, 0.05) is 6.54 Å². The summed E-state index contributed by atoms with van der Waals surface area (Å²) < 4.78 is 7.59. The number of aromatic carboxylic acids is 1. The van der Waals surface area contributed by atoms with Gasteiger partial charge in [0.1, 0.15) is 17.9 Å². The van der Waals surface area contributed by atoms with Crippen molar-refractivity contribution in [2.24, 2.45) is 0 Å². The summed E-state index contributed by atoms with van der Waals surface area (Å²) in [5.41, 5.74) is 1.10. The molecule has 1 heterocycles. The predicted octanol–water partition coefficient (Wildman–Crippen LogP) is 2.57. The lowest BCUT2D eigenvalue weighted by Gasteiger charge is -2.10. The van der Waals surface area contributed by atoms with Crippen molar-refractivity contribution >= 4 is 5.97 Å². The van der Waals surface area contributed by atoms with E-state index < -0.39 is 5.97 Å². The maximum Gasteiger partial charge on any atom is 0.339 e. The number of imidazole rings is 1. The maximum atomic E-state index is 11.1. The van der Waals surface area contributed by atoms with Gasteiger partial charge in [0.15, 0.2) is 0 Å². The molecule has 0 saturated carbocycles. The van der Waals surface area contributed by atoms with Crippen molar-refractivity contribution in [1.82, 2.24) is 9.55 Å². The molecule has 0 saturated heterocycles. The highest BCUT2D eigenvalue weighted by atomic mass is 16.5. The van der Waals surface area contributed by atoms with Gasteiger partial charge in [-0.3, -0.25) is 0 Å². The van der Waals surface area contributed by atoms with E-state index in [2.05, 4.69) is 11.9 Å². The predicted molar refractivity (Wildman–Crippen MR) is 70.3 cm³/mol. The molecule has 0 atom stereocenters. The Morgan fingerprint density at radius 1 is 1.42 bits per heavy atom. The Bertz CT molecular complexity index is 563. The monoisotopic (exact) mass is 260 g/mol. The lowest BCUT2D eigenvalue weighted by molar-refractivity contribution is 0.0691. The zero-order valence-corrected chi connectivity index (χ0v) is 10.7. The van der Waals surface area contributed by atoms with Gasteiger partial charge in [-0.2, -0.15) is 0 Å². The Hall–Kier alpha value is -2.30. The molecule has 0 aliphatic carbocycles. The van der Waals surface area contributed by atoms with Crippen molar-refractivity contribution in [3.05, 3.63) is 48.0 Å². The zero-order chi connectivity index (χ0) is 13.7. The van der Waals surface area contributed by atoms with Gasteiger partial charge in [0.25, 0.3) is 0 Å². The number of rotatable bonds is 6. The number of benzene rings is 1. The lowest BCUT2D eigenvalue weighted by Crippen LogP contribution is -2.07. The van der Waals surface area contributed by atoms with E-state index >= 15 is 0 Å². The van der Waals surface area contributed by atoms with Crippen molar-refractivity contribution in [3.63, 3.8) is 0 Å². The van der Waals surface area contributed by atoms with Gasteiger partial charge in [-0.15, -0.1) is 0 Å². The standard InChI is InChI=1S/C14H16N2O3/c1-2-7-16-10-15-8-11(16)9-19-13-6-4-3-5-12(13)14(17)18/h3-6,8,10H,2,7,9H2,1H3,(H,17,18). The molecule has 0 unspecified atom stereocenters. The van der Waals surface area contributed by atoms with Crippen LogP contribution < -0.4 is 4.74 Å². The second kappa shape index (κ2) is 6.04. The van der Waals surface area contributed by atoms with Crippen LogP contribution in [0.3, 0.4) is 0 Å². The Morgan fingerprint density at radius 2 is 2.21 bits per heavy atom. The number of carboxylic acid groups (broad SMARTS) is 1. The second-order valence-electron chi connectivity index (χ2n) is 4.17. The highest BCUT2D eigenvalue weighted by Crippen LogP contribution is 2.19. The highest BCUT2D eigenvalue weighted by molar-refractivity contribution is 5.90. The third-order valence-corrected chi connectivity index (χ3v) is 2.76. The number of carbonyl (C=O) groups is 1. The van der Waals surface area contributed by atoms with Gasteiger partial charge in [-0.1, -0.05) is 19.1 Å². The number of aromatic nitrogens is 2. The molecule has 1 N–H and O–H groups in total. The second-order valence-corrected chi connectivity index (χ2v) is 4.17. The van der Waals surface area contributed by atoms with Crippen LogP contribution in [0, 0.1) is 0 Å². The van der Waals surface area contributed by atoms with E-state index in [4.69, 9.17) is 9.84 Å². The maximum absolute atomic E-state index is 11.1. The molecule has 5 nitrogen and oxygen atoms in total. The molecule has 0 amide bonds. The zero-order valence-electron chi connectivity index (χ0n) is 10.7. The third kappa shape index (κ3) is 3.13. The minimum atomic E-state index is -0.988. The summed E-state index contributed by atoms with van der Waals surface area (Å²) in [5.74, 6) is -0.614. The molecule has 0 aliphatic rings. The summed E-state index contributed by atoms with van der Waals surface area (Å²) in [7, 11) is 0. The van der Waals surface area contributed by atoms with Crippen LogP contribution in [0.2, 0.25) is 0 Å². The number of hydrogen-bond acceptors (Lipinski definition) is 3. The van der Waals surface area contributed by atoms with Crippen LogP contribution in [0.4, 0.5) is 0 Å². The summed E-state index contributed by atoms with van der Waals surface area (Å²) >= 11 is 0. The molecule has 0 aliphatic heterocycles. The fourth-order valence-corrected chi connectivity index (χ4v) is 1.83. The third-order valence-electron chi connectivity index (χ3n) is 2.76. The van der Waals surface area contributed by atoms with Crippen LogP contribution in [0.25, 0.3) is 0 Å². The number of aryl methyl sites for hydroxylation is 1. The summed E-state index contributed by atoms with van der Waals surface area (Å²) in [6.45, 7) is 3.27. The minimum Gasteiger partial charge on any atom is -0.486 e. The van der Waals surface area contributed by atoms with Crippen molar-refractivity contribution in [3.8, 4) is 5.75 Å². The van der Waals surface area contributed by atoms with E-state index in [0.29, 0.717) is 12.4 Å². The smallest absolute Gasteiger partial charge is 0.339 e. The minimum absolute atomic E-state index is 0.170. The number of nitrogens with zero attached hydrogens (tertiary/aromatic N) is 2. The Kier molecular flexibility index (Phi) is 4.18. The molecule has 2 aromatic rings. The number of ether oxygens (including phenoxy) is 1. The molecule has 19 heavy (non-hydrogen) atoms. The fourth-order valence-electron chi connectivity index (χ4n) is 1.83. The van der Waals surface area contributed by atoms with Gasteiger partial charge in [-0.05, 0) is 18.6 Å². The average Bonchev–Trinajstić information content (AvgIpc) is 2.84. The number of para-hydroxylation sites is 1. The fraction of sp³-hybridized carbons (Fsp3) is 0.286. The molecule has 1 aromatic heterocycles. The first-order valence-electron chi connectivity index (χ1n) is 6.16. The normalized spacial score (nSPS) is 10.4. The largest absolute Gasteiger partial charge is 0.486 e. The Morgan fingerprint density at radius 3 is 2.95 bits per heavy atom. The topological polar surface area (TPSA) is 64.4 Å². The van der Waals surface area contributed by atoms with E-state index in [-0.39, 0.29) is 5.56 Å². The Balaban J connectivity index is 2.10. The summed E-state index contributed by atoms with van der Waals surface area (Å²) in [5, 5.41) is 9.06. The first kappa shape index (κ1) is 13.1. The summed E-state index contributed by atoms with van der Waals surface area (Å²) in [6, 6.07) is 6.62. The van der Waals surface area contributed by atoms with Crippen molar-refractivity contribution in [1.29, 1.82) is 0 Å². The van der Waals surface area contributed by atoms with Crippen LogP contribution in [-0.2, 0) is 13.2 Å². The van der Waals surface area contributed by atoms with E-state index in [1.54, 1.807) is 30.7 Å². The lowest BCUT2D eigenvalue weighted by atomic mass is 10.2. The van der Waals surface area contributed by atoms with Gasteiger partial charge >= 0.3 is 5.97 Å². The SMILES string of the molecule is CCCn1cncc1COc1ccccc1C(=O)O. The molecule has 0 fully saturated rings.